The Labute approximate surface area is 124 Å². The van der Waals surface area contributed by atoms with Gasteiger partial charge < -0.3 is 10.2 Å². The molecule has 1 saturated heterocycles. The topological polar surface area (TPSA) is 61.0 Å². The molecule has 110 valence electrons. The number of piperidine rings is 1. The third-order valence-electron chi connectivity index (χ3n) is 4.05. The van der Waals surface area contributed by atoms with E-state index in [4.69, 9.17) is 0 Å². The smallest absolute Gasteiger partial charge is 0.257 e. The van der Waals surface area contributed by atoms with Gasteiger partial charge >= 0.3 is 0 Å². The minimum absolute atomic E-state index is 0.0579. The highest BCUT2D eigenvalue weighted by molar-refractivity contribution is 5.99. The summed E-state index contributed by atoms with van der Waals surface area (Å²) < 4.78 is 0. The molecule has 21 heavy (non-hydrogen) atoms. The van der Waals surface area contributed by atoms with Crippen LogP contribution in [0.25, 0.3) is 11.3 Å². The highest BCUT2D eigenvalue weighted by Crippen LogP contribution is 2.23. The number of carbonyl (C=O) groups excluding carboxylic acids is 1. The van der Waals surface area contributed by atoms with Gasteiger partial charge in [0.25, 0.3) is 5.91 Å². The second-order valence-electron chi connectivity index (χ2n) is 5.40. The predicted molar refractivity (Wildman–Crippen MR) is 82.0 cm³/mol. The van der Waals surface area contributed by atoms with Gasteiger partial charge in [-0.15, -0.1) is 0 Å². The first-order valence-corrected chi connectivity index (χ1v) is 7.35. The summed E-state index contributed by atoms with van der Waals surface area (Å²) in [7, 11) is 1.95. The zero-order valence-corrected chi connectivity index (χ0v) is 12.2. The molecule has 0 aliphatic carbocycles. The molecule has 5 nitrogen and oxygen atoms in total. The van der Waals surface area contributed by atoms with Gasteiger partial charge in [-0.2, -0.15) is 5.10 Å². The van der Waals surface area contributed by atoms with Gasteiger partial charge in [0, 0.05) is 24.7 Å². The minimum Gasteiger partial charge on any atom is -0.337 e. The molecule has 2 heterocycles. The van der Waals surface area contributed by atoms with Crippen molar-refractivity contribution in [3.63, 3.8) is 0 Å². The largest absolute Gasteiger partial charge is 0.337 e. The van der Waals surface area contributed by atoms with E-state index < -0.39 is 0 Å². The summed E-state index contributed by atoms with van der Waals surface area (Å²) in [4.78, 5) is 14.7. The number of hydrogen-bond acceptors (Lipinski definition) is 3. The SMILES string of the molecule is CNC1CCCN(C(=O)c2cn[nH]c2-c2ccccc2)C1. The molecule has 0 saturated carbocycles. The third kappa shape index (κ3) is 2.83. The van der Waals surface area contributed by atoms with E-state index in [1.165, 1.54) is 0 Å². The molecule has 0 spiro atoms. The molecule has 1 amide bonds. The Balaban J connectivity index is 1.84. The minimum atomic E-state index is 0.0579. The first-order valence-electron chi connectivity index (χ1n) is 7.35. The number of aromatic amines is 1. The second kappa shape index (κ2) is 6.10. The molecule has 0 radical (unpaired) electrons. The zero-order chi connectivity index (χ0) is 14.7. The highest BCUT2D eigenvalue weighted by atomic mass is 16.2. The zero-order valence-electron chi connectivity index (χ0n) is 12.2. The molecule has 1 aliphatic heterocycles. The number of likely N-dealkylation sites (N-methyl/N-ethyl adjacent to an activating group) is 1. The van der Waals surface area contributed by atoms with Crippen molar-refractivity contribution in [3.8, 4) is 11.3 Å². The lowest BCUT2D eigenvalue weighted by Crippen LogP contribution is -2.47. The first kappa shape index (κ1) is 13.8. The number of hydrogen-bond donors (Lipinski definition) is 2. The van der Waals surface area contributed by atoms with E-state index in [9.17, 15) is 4.79 Å². The van der Waals surface area contributed by atoms with E-state index in [0.717, 1.165) is 37.2 Å². The maximum Gasteiger partial charge on any atom is 0.257 e. The van der Waals surface area contributed by atoms with Crippen molar-refractivity contribution < 1.29 is 4.79 Å². The molecule has 2 N–H and O–H groups in total. The van der Waals surface area contributed by atoms with Crippen LogP contribution in [0.5, 0.6) is 0 Å². The van der Waals surface area contributed by atoms with E-state index in [1.54, 1.807) is 6.20 Å². The van der Waals surface area contributed by atoms with Crippen LogP contribution in [0.1, 0.15) is 23.2 Å². The number of likely N-dealkylation sites (tertiary alicyclic amines) is 1. The van der Waals surface area contributed by atoms with Crippen LogP contribution in [-0.2, 0) is 0 Å². The fraction of sp³-hybridized carbons (Fsp3) is 0.375. The van der Waals surface area contributed by atoms with Crippen molar-refractivity contribution in [3.05, 3.63) is 42.1 Å². The summed E-state index contributed by atoms with van der Waals surface area (Å²) in [6.45, 7) is 1.57. The number of carbonyl (C=O) groups is 1. The molecule has 1 fully saturated rings. The molecule has 1 atom stereocenters. The molecular weight excluding hydrogens is 264 g/mol. The number of benzene rings is 1. The van der Waals surface area contributed by atoms with Gasteiger partial charge in [0.15, 0.2) is 0 Å². The van der Waals surface area contributed by atoms with Gasteiger partial charge in [0.2, 0.25) is 0 Å². The maximum absolute atomic E-state index is 12.8. The summed E-state index contributed by atoms with van der Waals surface area (Å²) in [5.74, 6) is 0.0579. The Morgan fingerprint density at radius 3 is 2.95 bits per heavy atom. The summed E-state index contributed by atoms with van der Waals surface area (Å²) >= 11 is 0. The molecular formula is C16H20N4O. The number of amides is 1. The number of nitrogens with zero attached hydrogens (tertiary/aromatic N) is 2. The monoisotopic (exact) mass is 284 g/mol. The van der Waals surface area contributed by atoms with Crippen molar-refractivity contribution in [1.29, 1.82) is 0 Å². The molecule has 2 aromatic rings. The number of H-pyrrole nitrogens is 1. The maximum atomic E-state index is 12.8. The van der Waals surface area contributed by atoms with Gasteiger partial charge in [0.1, 0.15) is 0 Å². The number of nitrogens with one attached hydrogen (secondary N) is 2. The van der Waals surface area contributed by atoms with Gasteiger partial charge in [-0.1, -0.05) is 30.3 Å². The average molecular weight is 284 g/mol. The van der Waals surface area contributed by atoms with E-state index >= 15 is 0 Å². The first-order chi connectivity index (χ1) is 10.3. The molecule has 3 rings (SSSR count). The lowest BCUT2D eigenvalue weighted by Gasteiger charge is -2.32. The molecule has 1 aliphatic rings. The van der Waals surface area contributed by atoms with Crippen molar-refractivity contribution in [2.45, 2.75) is 18.9 Å². The summed E-state index contributed by atoms with van der Waals surface area (Å²) in [6, 6.07) is 10.2. The number of rotatable bonds is 3. The number of aromatic nitrogens is 2. The van der Waals surface area contributed by atoms with Crippen LogP contribution < -0.4 is 5.32 Å². The Hall–Kier alpha value is -2.14. The summed E-state index contributed by atoms with van der Waals surface area (Å²) in [5, 5.41) is 10.3. The van der Waals surface area contributed by atoms with Crippen molar-refractivity contribution in [1.82, 2.24) is 20.4 Å². The van der Waals surface area contributed by atoms with E-state index in [-0.39, 0.29) is 5.91 Å². The van der Waals surface area contributed by atoms with Crippen LogP contribution in [0.15, 0.2) is 36.5 Å². The molecule has 1 aromatic carbocycles. The Morgan fingerprint density at radius 1 is 1.38 bits per heavy atom. The molecule has 1 unspecified atom stereocenters. The Bertz CT molecular complexity index is 608. The summed E-state index contributed by atoms with van der Waals surface area (Å²) in [5.41, 5.74) is 2.44. The Kier molecular flexibility index (Phi) is 4.01. The van der Waals surface area contributed by atoms with E-state index in [2.05, 4.69) is 15.5 Å². The highest BCUT2D eigenvalue weighted by Gasteiger charge is 2.26. The lowest BCUT2D eigenvalue weighted by atomic mass is 10.0. The van der Waals surface area contributed by atoms with E-state index in [0.29, 0.717) is 11.6 Å². The van der Waals surface area contributed by atoms with Gasteiger partial charge in [0.05, 0.1) is 17.5 Å². The standard InChI is InChI=1S/C16H20N4O/c1-17-13-8-5-9-20(11-13)16(21)14-10-18-19-15(14)12-6-3-2-4-7-12/h2-4,6-7,10,13,17H,5,8-9,11H2,1H3,(H,18,19). The van der Waals surface area contributed by atoms with Gasteiger partial charge in [-0.25, -0.2) is 0 Å². The Morgan fingerprint density at radius 2 is 2.19 bits per heavy atom. The molecule has 0 bridgehead atoms. The molecule has 1 aromatic heterocycles. The second-order valence-corrected chi connectivity index (χ2v) is 5.40. The normalized spacial score (nSPS) is 18.7. The fourth-order valence-corrected chi connectivity index (χ4v) is 2.84. The van der Waals surface area contributed by atoms with Gasteiger partial charge in [-0.3, -0.25) is 9.89 Å². The summed E-state index contributed by atoms with van der Waals surface area (Å²) in [6.07, 6.45) is 3.79. The van der Waals surface area contributed by atoms with Crippen molar-refractivity contribution in [2.24, 2.45) is 0 Å². The predicted octanol–water partition coefficient (Wildman–Crippen LogP) is 1.90. The average Bonchev–Trinajstić information content (AvgIpc) is 3.04. The van der Waals surface area contributed by atoms with Crippen LogP contribution >= 0.6 is 0 Å². The van der Waals surface area contributed by atoms with Crippen molar-refractivity contribution >= 4 is 5.91 Å². The van der Waals surface area contributed by atoms with Crippen LogP contribution in [0.2, 0.25) is 0 Å². The van der Waals surface area contributed by atoms with Crippen molar-refractivity contribution in [2.75, 3.05) is 20.1 Å². The van der Waals surface area contributed by atoms with Crippen LogP contribution in [0.4, 0.5) is 0 Å². The van der Waals surface area contributed by atoms with E-state index in [1.807, 2.05) is 42.3 Å². The van der Waals surface area contributed by atoms with Crippen LogP contribution in [0, 0.1) is 0 Å². The fourth-order valence-electron chi connectivity index (χ4n) is 2.84. The molecule has 5 heteroatoms. The lowest BCUT2D eigenvalue weighted by molar-refractivity contribution is 0.0699. The van der Waals surface area contributed by atoms with Gasteiger partial charge in [-0.05, 0) is 19.9 Å². The third-order valence-corrected chi connectivity index (χ3v) is 4.05. The van der Waals surface area contributed by atoms with Crippen LogP contribution in [0.3, 0.4) is 0 Å². The quantitative estimate of drug-likeness (QED) is 0.905. The van der Waals surface area contributed by atoms with Crippen LogP contribution in [-0.4, -0.2) is 47.2 Å².